The molecule has 5 aromatic rings. The van der Waals surface area contributed by atoms with E-state index in [2.05, 4.69) is 127 Å². The van der Waals surface area contributed by atoms with Gasteiger partial charge in [-0.15, -0.1) is 0 Å². The van der Waals surface area contributed by atoms with Crippen molar-refractivity contribution in [1.29, 1.82) is 0 Å². The number of fused-ring (bicyclic) bond motifs is 5. The second-order valence-corrected chi connectivity index (χ2v) is 17.6. The molecule has 1 nitrogen and oxygen atoms in total. The van der Waals surface area contributed by atoms with Crippen molar-refractivity contribution in [3.05, 3.63) is 132 Å². The smallest absolute Gasteiger partial charge is 0.0459 e. The number of hydrogen-bond acceptors (Lipinski definition) is 1. The fourth-order valence-corrected chi connectivity index (χ4v) is 12.9. The van der Waals surface area contributed by atoms with Gasteiger partial charge in [-0.2, -0.15) is 0 Å². The Morgan fingerprint density at radius 2 is 1.18 bits per heavy atom. The summed E-state index contributed by atoms with van der Waals surface area (Å²) in [6.07, 6.45) is 14.2. The third-order valence-electron chi connectivity index (χ3n) is 14.7. The number of benzene rings is 5. The van der Waals surface area contributed by atoms with Crippen LogP contribution in [0.3, 0.4) is 0 Å². The monoisotopic (exact) mass is 651 g/mol. The molecule has 0 N–H and O–H groups in total. The predicted octanol–water partition coefficient (Wildman–Crippen LogP) is 13.2. The summed E-state index contributed by atoms with van der Waals surface area (Å²) in [5.74, 6) is 5.72. The van der Waals surface area contributed by atoms with Crippen LogP contribution in [0.4, 0.5) is 11.4 Å². The highest BCUT2D eigenvalue weighted by Crippen LogP contribution is 2.61. The van der Waals surface area contributed by atoms with E-state index in [1.165, 1.54) is 120 Å². The molecule has 0 saturated heterocycles. The first-order valence-electron chi connectivity index (χ1n) is 19.9. The van der Waals surface area contributed by atoms with Gasteiger partial charge in [0.25, 0.3) is 0 Å². The van der Waals surface area contributed by atoms with Crippen LogP contribution in [0.1, 0.15) is 99.7 Å². The van der Waals surface area contributed by atoms with E-state index in [-0.39, 0.29) is 5.54 Å². The van der Waals surface area contributed by atoms with Gasteiger partial charge < -0.3 is 4.90 Å². The minimum Gasteiger partial charge on any atom is -0.335 e. The summed E-state index contributed by atoms with van der Waals surface area (Å²) in [6, 6.07) is 44.9. The maximum Gasteiger partial charge on any atom is 0.0459 e. The lowest BCUT2D eigenvalue weighted by Gasteiger charge is -2.61. The second-order valence-electron chi connectivity index (χ2n) is 17.6. The molecule has 1 heteroatoms. The highest BCUT2D eigenvalue weighted by Gasteiger charge is 2.54. The molecule has 7 aliphatic rings. The van der Waals surface area contributed by atoms with Crippen LogP contribution in [0.2, 0.25) is 0 Å². The van der Waals surface area contributed by atoms with Gasteiger partial charge in [-0.1, -0.05) is 104 Å². The molecule has 50 heavy (non-hydrogen) atoms. The van der Waals surface area contributed by atoms with E-state index in [0.717, 1.165) is 35.5 Å². The molecule has 12 rings (SSSR count). The van der Waals surface area contributed by atoms with E-state index in [1.54, 1.807) is 5.56 Å². The Balaban J connectivity index is 1.08. The maximum absolute atomic E-state index is 2.92. The van der Waals surface area contributed by atoms with Crippen LogP contribution in [-0.4, -0.2) is 5.54 Å². The average Bonchev–Trinajstić information content (AvgIpc) is 3.86. The molecule has 0 radical (unpaired) electrons. The molecule has 0 heterocycles. The van der Waals surface area contributed by atoms with Crippen molar-refractivity contribution >= 4 is 11.4 Å². The first-order valence-corrected chi connectivity index (χ1v) is 19.9. The first-order chi connectivity index (χ1) is 24.6. The van der Waals surface area contributed by atoms with Crippen molar-refractivity contribution < 1.29 is 0 Å². The van der Waals surface area contributed by atoms with Crippen LogP contribution in [0.5, 0.6) is 0 Å². The molecular formula is C49H49N. The lowest BCUT2D eigenvalue weighted by molar-refractivity contribution is 0.000554. The minimum absolute atomic E-state index is 0.208. The second kappa shape index (κ2) is 11.2. The molecule has 5 aromatic carbocycles. The molecule has 6 fully saturated rings. The number of rotatable bonds is 6. The zero-order chi connectivity index (χ0) is 33.0. The largest absolute Gasteiger partial charge is 0.335 e. The van der Waals surface area contributed by atoms with Gasteiger partial charge in [0.05, 0.1) is 0 Å². The SMILES string of the molecule is CC1c2ccccc2-c2c(-c3ccc(-c4ccccc4)cc3)cc(N(c3ccc(C4CC5CCC4C5)cc3)C34CC5CC(CC(C5)C3)C4)cc21. The first kappa shape index (κ1) is 29.6. The summed E-state index contributed by atoms with van der Waals surface area (Å²) < 4.78 is 0. The Morgan fingerprint density at radius 1 is 0.520 bits per heavy atom. The van der Waals surface area contributed by atoms with E-state index >= 15 is 0 Å². The highest BCUT2D eigenvalue weighted by molar-refractivity contribution is 5.94. The molecule has 6 saturated carbocycles. The predicted molar refractivity (Wildman–Crippen MR) is 208 cm³/mol. The fourth-order valence-electron chi connectivity index (χ4n) is 12.9. The van der Waals surface area contributed by atoms with Crippen LogP contribution in [-0.2, 0) is 0 Å². The molecule has 0 aliphatic heterocycles. The Bertz CT molecular complexity index is 2040. The van der Waals surface area contributed by atoms with E-state index < -0.39 is 0 Å². The van der Waals surface area contributed by atoms with Gasteiger partial charge in [-0.3, -0.25) is 0 Å². The molecule has 7 aliphatic carbocycles. The van der Waals surface area contributed by atoms with Crippen LogP contribution in [0, 0.1) is 29.6 Å². The van der Waals surface area contributed by atoms with Crippen molar-refractivity contribution in [3.63, 3.8) is 0 Å². The van der Waals surface area contributed by atoms with Crippen molar-refractivity contribution in [2.75, 3.05) is 4.90 Å². The Hall–Kier alpha value is -4.10. The van der Waals surface area contributed by atoms with Gasteiger partial charge in [-0.05, 0) is 168 Å². The van der Waals surface area contributed by atoms with Crippen molar-refractivity contribution in [1.82, 2.24) is 0 Å². The summed E-state index contributed by atoms with van der Waals surface area (Å²) in [5.41, 5.74) is 15.8. The van der Waals surface area contributed by atoms with Crippen molar-refractivity contribution in [2.45, 2.75) is 88.5 Å². The third-order valence-corrected chi connectivity index (χ3v) is 14.7. The Kier molecular flexibility index (Phi) is 6.63. The normalized spacial score (nSPS) is 31.2. The quantitative estimate of drug-likeness (QED) is 0.177. The van der Waals surface area contributed by atoms with Crippen molar-refractivity contribution in [3.8, 4) is 33.4 Å². The van der Waals surface area contributed by atoms with Crippen LogP contribution < -0.4 is 4.90 Å². The topological polar surface area (TPSA) is 3.24 Å². The van der Waals surface area contributed by atoms with Crippen LogP contribution >= 0.6 is 0 Å². The number of nitrogens with zero attached hydrogens (tertiary/aromatic N) is 1. The molecular weight excluding hydrogens is 603 g/mol. The molecule has 6 bridgehead atoms. The third kappa shape index (κ3) is 4.57. The maximum atomic E-state index is 2.92. The van der Waals surface area contributed by atoms with E-state index in [1.807, 2.05) is 0 Å². The zero-order valence-electron chi connectivity index (χ0n) is 29.5. The summed E-state index contributed by atoms with van der Waals surface area (Å²) in [6.45, 7) is 2.44. The molecule has 0 aromatic heterocycles. The summed E-state index contributed by atoms with van der Waals surface area (Å²) in [7, 11) is 0. The summed E-state index contributed by atoms with van der Waals surface area (Å²) in [5, 5.41) is 0. The van der Waals surface area contributed by atoms with E-state index in [0.29, 0.717) is 5.92 Å². The van der Waals surface area contributed by atoms with E-state index in [4.69, 9.17) is 0 Å². The average molecular weight is 652 g/mol. The fraction of sp³-hybridized carbons (Fsp3) is 0.388. The van der Waals surface area contributed by atoms with E-state index in [9.17, 15) is 0 Å². The van der Waals surface area contributed by atoms with Gasteiger partial charge in [-0.25, -0.2) is 0 Å². The van der Waals surface area contributed by atoms with Gasteiger partial charge in [0.1, 0.15) is 0 Å². The van der Waals surface area contributed by atoms with Crippen LogP contribution in [0.25, 0.3) is 33.4 Å². The van der Waals surface area contributed by atoms with Gasteiger partial charge >= 0.3 is 0 Å². The standard InChI is InChI=1S/C49H49N/c1-31-43-9-5-6-10-44(43)48-45(31)26-42(27-47(48)39-15-13-37(14-16-39)36-7-3-2-4-8-36)50(49-28-33-21-34(29-49)23-35(22-33)30-49)41-19-17-38(18-20-41)46-25-32-11-12-40(46)24-32/h2-10,13-20,26-27,31-35,40,46H,11-12,21-25,28-30H2,1H3. The number of anilines is 2. The molecule has 0 amide bonds. The lowest BCUT2D eigenvalue weighted by atomic mass is 9.52. The highest BCUT2D eigenvalue weighted by atomic mass is 15.2. The Labute approximate surface area is 298 Å². The van der Waals surface area contributed by atoms with Gasteiger partial charge in [0.2, 0.25) is 0 Å². The molecule has 0 spiro atoms. The van der Waals surface area contributed by atoms with Crippen LogP contribution in [0.15, 0.2) is 115 Å². The Morgan fingerprint density at radius 3 is 1.86 bits per heavy atom. The molecule has 4 atom stereocenters. The number of hydrogen-bond donors (Lipinski definition) is 0. The summed E-state index contributed by atoms with van der Waals surface area (Å²) in [4.78, 5) is 2.92. The van der Waals surface area contributed by atoms with Crippen molar-refractivity contribution in [2.24, 2.45) is 29.6 Å². The van der Waals surface area contributed by atoms with Gasteiger partial charge in [0, 0.05) is 22.8 Å². The minimum atomic E-state index is 0.208. The molecule has 250 valence electrons. The molecule has 4 unspecified atom stereocenters. The van der Waals surface area contributed by atoms with Gasteiger partial charge in [0.15, 0.2) is 0 Å². The summed E-state index contributed by atoms with van der Waals surface area (Å²) >= 11 is 0. The lowest BCUT2D eigenvalue weighted by Crippen LogP contribution is -2.58. The zero-order valence-corrected chi connectivity index (χ0v) is 29.5.